The summed E-state index contributed by atoms with van der Waals surface area (Å²) >= 11 is 0. The van der Waals surface area contributed by atoms with Crippen molar-refractivity contribution < 1.29 is 9.53 Å². The van der Waals surface area contributed by atoms with Crippen LogP contribution in [0.3, 0.4) is 0 Å². The molecule has 1 aliphatic carbocycles. The number of ether oxygens (including phenoxy) is 1. The number of hydrogen-bond donors (Lipinski definition) is 2. The van der Waals surface area contributed by atoms with Crippen LogP contribution >= 0.6 is 0 Å². The van der Waals surface area contributed by atoms with Crippen molar-refractivity contribution in [1.82, 2.24) is 25.5 Å². The van der Waals surface area contributed by atoms with E-state index in [9.17, 15) is 4.79 Å². The van der Waals surface area contributed by atoms with E-state index in [0.29, 0.717) is 24.1 Å². The molecule has 128 valence electrons. The van der Waals surface area contributed by atoms with Crippen LogP contribution in [-0.4, -0.2) is 33.3 Å². The van der Waals surface area contributed by atoms with Crippen LogP contribution in [-0.2, 0) is 6.54 Å². The average molecular weight is 330 g/mol. The molecular weight excluding hydrogens is 308 g/mol. The van der Waals surface area contributed by atoms with Crippen LogP contribution in [0, 0.1) is 0 Å². The monoisotopic (exact) mass is 330 g/mol. The van der Waals surface area contributed by atoms with Crippen LogP contribution < -0.4 is 15.4 Å². The number of amides is 2. The maximum Gasteiger partial charge on any atom is 0.319 e. The number of methoxy groups -OCH3 is 1. The number of nitrogens with zero attached hydrogens (tertiary/aromatic N) is 4. The topological polar surface area (TPSA) is 94.0 Å². The van der Waals surface area contributed by atoms with Crippen molar-refractivity contribution in [2.45, 2.75) is 44.7 Å². The molecule has 0 radical (unpaired) electrons. The van der Waals surface area contributed by atoms with E-state index in [1.165, 1.54) is 19.3 Å². The zero-order chi connectivity index (χ0) is 16.8. The molecule has 1 aromatic carbocycles. The van der Waals surface area contributed by atoms with Gasteiger partial charge in [-0.3, -0.25) is 0 Å². The number of carbonyl (C=O) groups is 1. The molecule has 2 aromatic rings. The van der Waals surface area contributed by atoms with Gasteiger partial charge in [0.1, 0.15) is 5.75 Å². The van der Waals surface area contributed by atoms with Crippen molar-refractivity contribution in [3.8, 4) is 5.75 Å². The van der Waals surface area contributed by atoms with E-state index in [4.69, 9.17) is 4.74 Å². The Hall–Kier alpha value is -2.64. The van der Waals surface area contributed by atoms with E-state index in [1.807, 2.05) is 4.68 Å². The first-order valence-corrected chi connectivity index (χ1v) is 8.22. The number of hydrogen-bond acceptors (Lipinski definition) is 5. The van der Waals surface area contributed by atoms with Gasteiger partial charge in [-0.25, -0.2) is 9.48 Å². The van der Waals surface area contributed by atoms with Gasteiger partial charge in [0, 0.05) is 5.69 Å². The lowest BCUT2D eigenvalue weighted by Crippen LogP contribution is -2.30. The SMILES string of the molecule is COc1ccc(NC(=O)NCc2nnnn2C2CCCCC2)cc1. The molecule has 0 unspecified atom stereocenters. The number of benzene rings is 1. The Balaban J connectivity index is 1.53. The molecule has 1 fully saturated rings. The molecule has 0 aliphatic heterocycles. The third kappa shape index (κ3) is 4.01. The van der Waals surface area contributed by atoms with Crippen LogP contribution in [0.15, 0.2) is 24.3 Å². The molecule has 1 saturated carbocycles. The molecule has 3 rings (SSSR count). The summed E-state index contributed by atoms with van der Waals surface area (Å²) in [6.45, 7) is 0.297. The van der Waals surface area contributed by atoms with Crippen LogP contribution in [0.25, 0.3) is 0 Å². The number of carbonyl (C=O) groups excluding carboxylic acids is 1. The lowest BCUT2D eigenvalue weighted by atomic mass is 9.96. The molecular formula is C16H22N6O2. The molecule has 0 saturated heterocycles. The molecule has 0 atom stereocenters. The molecule has 1 aliphatic rings. The summed E-state index contributed by atoms with van der Waals surface area (Å²) in [5.41, 5.74) is 0.695. The minimum absolute atomic E-state index is 0.293. The number of tetrazole rings is 1. The first-order valence-electron chi connectivity index (χ1n) is 8.22. The molecule has 1 heterocycles. The second kappa shape index (κ2) is 7.76. The Labute approximate surface area is 140 Å². The highest BCUT2D eigenvalue weighted by atomic mass is 16.5. The molecule has 2 N–H and O–H groups in total. The van der Waals surface area contributed by atoms with Gasteiger partial charge in [0.15, 0.2) is 5.82 Å². The second-order valence-electron chi connectivity index (χ2n) is 5.87. The molecule has 1 aromatic heterocycles. The Morgan fingerprint density at radius 2 is 2.00 bits per heavy atom. The van der Waals surface area contributed by atoms with Crippen molar-refractivity contribution >= 4 is 11.7 Å². The van der Waals surface area contributed by atoms with Gasteiger partial charge >= 0.3 is 6.03 Å². The summed E-state index contributed by atoms with van der Waals surface area (Å²) in [5, 5.41) is 17.5. The third-order valence-electron chi connectivity index (χ3n) is 4.24. The maximum absolute atomic E-state index is 12.0. The number of anilines is 1. The molecule has 8 heteroatoms. The first-order chi connectivity index (χ1) is 11.8. The zero-order valence-corrected chi connectivity index (χ0v) is 13.7. The smallest absolute Gasteiger partial charge is 0.319 e. The van der Waals surface area contributed by atoms with Gasteiger partial charge in [-0.2, -0.15) is 0 Å². The van der Waals surface area contributed by atoms with Crippen molar-refractivity contribution in [1.29, 1.82) is 0 Å². The number of aromatic nitrogens is 4. The van der Waals surface area contributed by atoms with Gasteiger partial charge < -0.3 is 15.4 Å². The minimum Gasteiger partial charge on any atom is -0.497 e. The van der Waals surface area contributed by atoms with Crippen molar-refractivity contribution in [2.24, 2.45) is 0 Å². The van der Waals surface area contributed by atoms with Crippen molar-refractivity contribution in [3.63, 3.8) is 0 Å². The predicted molar refractivity (Wildman–Crippen MR) is 88.8 cm³/mol. The Kier molecular flexibility index (Phi) is 5.25. The second-order valence-corrected chi connectivity index (χ2v) is 5.87. The summed E-state index contributed by atoms with van der Waals surface area (Å²) in [5.74, 6) is 1.43. The summed E-state index contributed by atoms with van der Waals surface area (Å²) in [6.07, 6.45) is 5.87. The molecule has 24 heavy (non-hydrogen) atoms. The highest BCUT2D eigenvalue weighted by Crippen LogP contribution is 2.27. The van der Waals surface area contributed by atoms with Crippen molar-refractivity contribution in [2.75, 3.05) is 12.4 Å². The van der Waals surface area contributed by atoms with Crippen LogP contribution in [0.1, 0.15) is 44.0 Å². The van der Waals surface area contributed by atoms with Gasteiger partial charge in [-0.05, 0) is 47.5 Å². The van der Waals surface area contributed by atoms with E-state index >= 15 is 0 Å². The van der Waals surface area contributed by atoms with E-state index in [-0.39, 0.29) is 6.03 Å². The van der Waals surface area contributed by atoms with Gasteiger partial charge in [0.25, 0.3) is 0 Å². The lowest BCUT2D eigenvalue weighted by Gasteiger charge is -2.22. The largest absolute Gasteiger partial charge is 0.497 e. The molecule has 0 spiro atoms. The Morgan fingerprint density at radius 1 is 1.25 bits per heavy atom. The third-order valence-corrected chi connectivity index (χ3v) is 4.24. The van der Waals surface area contributed by atoms with E-state index in [0.717, 1.165) is 18.6 Å². The van der Waals surface area contributed by atoms with Crippen LogP contribution in [0.4, 0.5) is 10.5 Å². The Morgan fingerprint density at radius 3 is 2.71 bits per heavy atom. The molecule has 0 bridgehead atoms. The predicted octanol–water partition coefficient (Wildman–Crippen LogP) is 2.51. The zero-order valence-electron chi connectivity index (χ0n) is 13.7. The fraction of sp³-hybridized carbons (Fsp3) is 0.500. The summed E-state index contributed by atoms with van der Waals surface area (Å²) < 4.78 is 6.94. The molecule has 8 nitrogen and oxygen atoms in total. The fourth-order valence-corrected chi connectivity index (χ4v) is 2.95. The molecule has 2 amide bonds. The van der Waals surface area contributed by atoms with Crippen LogP contribution in [0.2, 0.25) is 0 Å². The van der Waals surface area contributed by atoms with Gasteiger partial charge in [-0.15, -0.1) is 5.10 Å². The van der Waals surface area contributed by atoms with Gasteiger partial charge in [0.05, 0.1) is 19.7 Å². The Bertz CT molecular complexity index is 663. The van der Waals surface area contributed by atoms with Gasteiger partial charge in [0.2, 0.25) is 0 Å². The number of nitrogens with one attached hydrogen (secondary N) is 2. The van der Waals surface area contributed by atoms with E-state index < -0.39 is 0 Å². The summed E-state index contributed by atoms with van der Waals surface area (Å²) in [7, 11) is 1.60. The summed E-state index contributed by atoms with van der Waals surface area (Å²) in [4.78, 5) is 12.0. The highest BCUT2D eigenvalue weighted by Gasteiger charge is 2.20. The van der Waals surface area contributed by atoms with E-state index in [2.05, 4.69) is 26.2 Å². The first kappa shape index (κ1) is 16.2. The minimum atomic E-state index is -0.293. The summed E-state index contributed by atoms with van der Waals surface area (Å²) in [6, 6.07) is 7.20. The van der Waals surface area contributed by atoms with Gasteiger partial charge in [-0.1, -0.05) is 19.3 Å². The van der Waals surface area contributed by atoms with Crippen LogP contribution in [0.5, 0.6) is 5.75 Å². The van der Waals surface area contributed by atoms with Crippen molar-refractivity contribution in [3.05, 3.63) is 30.1 Å². The normalized spacial score (nSPS) is 15.0. The average Bonchev–Trinajstić information content (AvgIpc) is 3.10. The van der Waals surface area contributed by atoms with E-state index in [1.54, 1.807) is 31.4 Å². The maximum atomic E-state index is 12.0. The quantitative estimate of drug-likeness (QED) is 0.878. The number of urea groups is 1. The fourth-order valence-electron chi connectivity index (χ4n) is 2.95. The highest BCUT2D eigenvalue weighted by molar-refractivity contribution is 5.89. The standard InChI is InChI=1S/C16H22N6O2/c1-24-14-9-7-12(8-10-14)18-16(23)17-11-15-19-20-21-22(15)13-5-3-2-4-6-13/h7-10,13H,2-6,11H2,1H3,(H2,17,18,23). The lowest BCUT2D eigenvalue weighted by molar-refractivity contribution is 0.250. The number of rotatable bonds is 5.